The number of fused-ring (bicyclic) bond motifs is 1. The third-order valence-corrected chi connectivity index (χ3v) is 5.47. The maximum absolute atomic E-state index is 12.6. The van der Waals surface area contributed by atoms with Crippen LogP contribution in [0.25, 0.3) is 0 Å². The topological polar surface area (TPSA) is 62.3 Å². The normalized spacial score (nSPS) is 15.3. The van der Waals surface area contributed by atoms with Crippen molar-refractivity contribution in [3.05, 3.63) is 53.3 Å². The average Bonchev–Trinajstić information content (AvgIpc) is 3.00. The smallest absolute Gasteiger partial charge is 0.280 e. The zero-order chi connectivity index (χ0) is 18.2. The SMILES string of the molecule is CC(Nc1cccc2c1CCN2S(C)(=O)=O)c1ccc(C(F)F)nc1. The Morgan fingerprint density at radius 3 is 2.60 bits per heavy atom. The lowest BCUT2D eigenvalue weighted by molar-refractivity contribution is 0.146. The molecule has 0 fully saturated rings. The van der Waals surface area contributed by atoms with Gasteiger partial charge in [-0.2, -0.15) is 0 Å². The minimum atomic E-state index is -3.30. The highest BCUT2D eigenvalue weighted by atomic mass is 32.2. The summed E-state index contributed by atoms with van der Waals surface area (Å²) in [6.07, 6.45) is 0.671. The molecule has 0 amide bonds. The van der Waals surface area contributed by atoms with E-state index in [1.165, 1.54) is 22.8 Å². The highest BCUT2D eigenvalue weighted by Gasteiger charge is 2.28. The summed E-state index contributed by atoms with van der Waals surface area (Å²) in [5.74, 6) is 0. The van der Waals surface area contributed by atoms with Crippen LogP contribution in [0.1, 0.15) is 36.2 Å². The van der Waals surface area contributed by atoms with E-state index in [9.17, 15) is 17.2 Å². The lowest BCUT2D eigenvalue weighted by Crippen LogP contribution is -2.27. The zero-order valence-electron chi connectivity index (χ0n) is 13.9. The van der Waals surface area contributed by atoms with Gasteiger partial charge in [-0.05, 0) is 37.1 Å². The second-order valence-corrected chi connectivity index (χ2v) is 7.98. The van der Waals surface area contributed by atoms with Crippen molar-refractivity contribution in [1.82, 2.24) is 4.98 Å². The first-order chi connectivity index (χ1) is 11.8. The fraction of sp³-hybridized carbons (Fsp3) is 0.353. The summed E-state index contributed by atoms with van der Waals surface area (Å²) in [5, 5.41) is 3.33. The lowest BCUT2D eigenvalue weighted by Gasteiger charge is -2.20. The number of pyridine rings is 1. The molecule has 2 aromatic rings. The molecular formula is C17H19F2N3O2S. The zero-order valence-corrected chi connectivity index (χ0v) is 14.7. The first kappa shape index (κ1) is 17.6. The predicted molar refractivity (Wildman–Crippen MR) is 93.6 cm³/mol. The van der Waals surface area contributed by atoms with Crippen LogP contribution in [0.3, 0.4) is 0 Å². The second-order valence-electron chi connectivity index (χ2n) is 6.07. The molecule has 0 aliphatic carbocycles. The molecule has 134 valence electrons. The molecule has 0 radical (unpaired) electrons. The summed E-state index contributed by atoms with van der Waals surface area (Å²) in [4.78, 5) is 3.78. The van der Waals surface area contributed by atoms with Crippen LogP contribution in [0, 0.1) is 0 Å². The summed E-state index contributed by atoms with van der Waals surface area (Å²) < 4.78 is 50.3. The number of alkyl halides is 2. The van der Waals surface area contributed by atoms with Crippen molar-refractivity contribution in [1.29, 1.82) is 0 Å². The van der Waals surface area contributed by atoms with Gasteiger partial charge in [0.2, 0.25) is 10.0 Å². The van der Waals surface area contributed by atoms with E-state index in [0.29, 0.717) is 18.7 Å². The van der Waals surface area contributed by atoms with E-state index in [1.54, 1.807) is 18.2 Å². The first-order valence-corrected chi connectivity index (χ1v) is 9.72. The van der Waals surface area contributed by atoms with E-state index in [2.05, 4.69) is 10.3 Å². The van der Waals surface area contributed by atoms with Crippen LogP contribution in [-0.2, 0) is 16.4 Å². The van der Waals surface area contributed by atoms with E-state index in [0.717, 1.165) is 16.8 Å². The average molecular weight is 367 g/mol. The van der Waals surface area contributed by atoms with Gasteiger partial charge in [-0.1, -0.05) is 12.1 Å². The Labute approximate surface area is 145 Å². The van der Waals surface area contributed by atoms with Crippen LogP contribution >= 0.6 is 0 Å². The van der Waals surface area contributed by atoms with Crippen molar-refractivity contribution in [2.75, 3.05) is 22.4 Å². The Bertz CT molecular complexity index is 870. The van der Waals surface area contributed by atoms with Gasteiger partial charge in [0.15, 0.2) is 0 Å². The van der Waals surface area contributed by atoms with Gasteiger partial charge in [0.05, 0.1) is 18.0 Å². The molecule has 1 aliphatic heterocycles. The summed E-state index contributed by atoms with van der Waals surface area (Å²) >= 11 is 0. The highest BCUT2D eigenvalue weighted by Crippen LogP contribution is 2.36. The quantitative estimate of drug-likeness (QED) is 0.878. The number of nitrogens with zero attached hydrogens (tertiary/aromatic N) is 2. The number of sulfonamides is 1. The molecule has 1 aromatic heterocycles. The molecule has 0 spiro atoms. The first-order valence-electron chi connectivity index (χ1n) is 7.87. The van der Waals surface area contributed by atoms with E-state index in [-0.39, 0.29) is 11.7 Å². The largest absolute Gasteiger partial charge is 0.378 e. The molecule has 3 rings (SSSR count). The standard InChI is InChI=1S/C17H19F2N3O2S/c1-11(12-6-7-15(17(18)19)20-10-12)21-14-4-3-5-16-13(14)8-9-22(16)25(2,23)24/h3-7,10-11,17,21H,8-9H2,1-2H3. The molecule has 2 heterocycles. The number of halogens is 2. The molecule has 5 nitrogen and oxygen atoms in total. The number of anilines is 2. The summed E-state index contributed by atoms with van der Waals surface area (Å²) in [6, 6.07) is 8.27. The molecule has 0 bridgehead atoms. The van der Waals surface area contributed by atoms with Crippen molar-refractivity contribution >= 4 is 21.4 Å². The molecule has 8 heteroatoms. The van der Waals surface area contributed by atoms with Gasteiger partial charge in [-0.25, -0.2) is 17.2 Å². The Hall–Kier alpha value is -2.22. The Balaban J connectivity index is 1.83. The van der Waals surface area contributed by atoms with E-state index >= 15 is 0 Å². The minimum absolute atomic E-state index is 0.155. The third kappa shape index (κ3) is 3.58. The Morgan fingerprint density at radius 1 is 1.24 bits per heavy atom. The van der Waals surface area contributed by atoms with Crippen molar-refractivity contribution in [3.63, 3.8) is 0 Å². The fourth-order valence-electron chi connectivity index (χ4n) is 3.00. The Kier molecular flexibility index (Phi) is 4.64. The number of hydrogen-bond donors (Lipinski definition) is 1. The van der Waals surface area contributed by atoms with Crippen molar-refractivity contribution in [2.45, 2.75) is 25.8 Å². The van der Waals surface area contributed by atoms with Crippen LogP contribution < -0.4 is 9.62 Å². The molecule has 0 saturated heterocycles. The van der Waals surface area contributed by atoms with Crippen LogP contribution in [0.15, 0.2) is 36.5 Å². The highest BCUT2D eigenvalue weighted by molar-refractivity contribution is 7.92. The van der Waals surface area contributed by atoms with Crippen molar-refractivity contribution < 1.29 is 17.2 Å². The maximum Gasteiger partial charge on any atom is 0.280 e. The lowest BCUT2D eigenvalue weighted by atomic mass is 10.1. The molecule has 25 heavy (non-hydrogen) atoms. The number of nitrogens with one attached hydrogen (secondary N) is 1. The van der Waals surface area contributed by atoms with E-state index < -0.39 is 16.4 Å². The summed E-state index contributed by atoms with van der Waals surface area (Å²) in [5.41, 5.74) is 3.00. The van der Waals surface area contributed by atoms with E-state index in [1.807, 2.05) is 13.0 Å². The second kappa shape index (κ2) is 6.59. The van der Waals surface area contributed by atoms with Gasteiger partial charge in [0.1, 0.15) is 5.69 Å². The maximum atomic E-state index is 12.6. The predicted octanol–water partition coefficient (Wildman–Crippen LogP) is 3.51. The molecule has 1 N–H and O–H groups in total. The van der Waals surface area contributed by atoms with Gasteiger partial charge >= 0.3 is 0 Å². The summed E-state index contributed by atoms with van der Waals surface area (Å²) in [6.45, 7) is 2.33. The summed E-state index contributed by atoms with van der Waals surface area (Å²) in [7, 11) is -3.30. The monoisotopic (exact) mass is 367 g/mol. The van der Waals surface area contributed by atoms with Crippen molar-refractivity contribution in [2.24, 2.45) is 0 Å². The van der Waals surface area contributed by atoms with Gasteiger partial charge in [0, 0.05) is 24.0 Å². The van der Waals surface area contributed by atoms with Gasteiger partial charge < -0.3 is 5.32 Å². The number of benzene rings is 1. The van der Waals surface area contributed by atoms with Crippen LogP contribution in [0.5, 0.6) is 0 Å². The van der Waals surface area contributed by atoms with E-state index in [4.69, 9.17) is 0 Å². The molecule has 1 atom stereocenters. The third-order valence-electron chi connectivity index (χ3n) is 4.29. The molecule has 0 saturated carbocycles. The van der Waals surface area contributed by atoms with Crippen LogP contribution in [0.4, 0.5) is 20.2 Å². The van der Waals surface area contributed by atoms with Gasteiger partial charge in [0.25, 0.3) is 6.43 Å². The Morgan fingerprint density at radius 2 is 2.00 bits per heavy atom. The van der Waals surface area contributed by atoms with Crippen LogP contribution in [-0.4, -0.2) is 26.2 Å². The molecular weight excluding hydrogens is 348 g/mol. The number of rotatable bonds is 5. The van der Waals surface area contributed by atoms with Crippen LogP contribution in [0.2, 0.25) is 0 Å². The number of hydrogen-bond acceptors (Lipinski definition) is 4. The number of aromatic nitrogens is 1. The minimum Gasteiger partial charge on any atom is -0.378 e. The fourth-order valence-corrected chi connectivity index (χ4v) is 3.95. The van der Waals surface area contributed by atoms with Gasteiger partial charge in [-0.15, -0.1) is 0 Å². The van der Waals surface area contributed by atoms with Crippen molar-refractivity contribution in [3.8, 4) is 0 Å². The van der Waals surface area contributed by atoms with Gasteiger partial charge in [-0.3, -0.25) is 9.29 Å². The molecule has 1 aliphatic rings. The molecule has 1 aromatic carbocycles. The molecule has 1 unspecified atom stereocenters.